The molecule has 3 amide bonds. The van der Waals surface area contributed by atoms with Crippen LogP contribution in [0, 0.1) is 6.92 Å². The first-order valence-corrected chi connectivity index (χ1v) is 13.4. The summed E-state index contributed by atoms with van der Waals surface area (Å²) in [5.74, 6) is -1.05. The van der Waals surface area contributed by atoms with E-state index in [2.05, 4.69) is 10.6 Å². The standard InChI is InChI=1S/C31H39N3O6/c1-6-7-16-34(29(38)25(19-35)33-30(39)40-31(3,4)5)27(23-13-15-26(36)20(2)17-23)28(37)32-24-14-12-21-10-8-9-11-22(21)18-24/h8-15,17-18,25,27,35-36H,6-7,16,19H2,1-5H3,(H,32,37)(H,33,39). The van der Waals surface area contributed by atoms with E-state index in [1.54, 1.807) is 45.9 Å². The third-order valence-electron chi connectivity index (χ3n) is 6.32. The van der Waals surface area contributed by atoms with Crippen LogP contribution >= 0.6 is 0 Å². The number of unbranched alkanes of at least 4 members (excludes halogenated alkanes) is 1. The van der Waals surface area contributed by atoms with Crippen molar-refractivity contribution >= 4 is 34.4 Å². The van der Waals surface area contributed by atoms with Crippen molar-refractivity contribution in [1.82, 2.24) is 10.2 Å². The number of rotatable bonds is 10. The minimum absolute atomic E-state index is 0.0590. The fourth-order valence-electron chi connectivity index (χ4n) is 4.33. The van der Waals surface area contributed by atoms with Crippen molar-refractivity contribution in [2.75, 3.05) is 18.5 Å². The monoisotopic (exact) mass is 549 g/mol. The second-order valence-electron chi connectivity index (χ2n) is 10.8. The van der Waals surface area contributed by atoms with E-state index in [0.29, 0.717) is 23.2 Å². The third-order valence-corrected chi connectivity index (χ3v) is 6.32. The maximum absolute atomic E-state index is 13.9. The van der Waals surface area contributed by atoms with E-state index in [-0.39, 0.29) is 12.3 Å². The van der Waals surface area contributed by atoms with E-state index in [0.717, 1.165) is 17.2 Å². The fourth-order valence-corrected chi connectivity index (χ4v) is 4.33. The highest BCUT2D eigenvalue weighted by Gasteiger charge is 2.36. The fraction of sp³-hybridized carbons (Fsp3) is 0.387. The van der Waals surface area contributed by atoms with Crippen molar-refractivity contribution in [2.24, 2.45) is 0 Å². The second kappa shape index (κ2) is 13.3. The minimum atomic E-state index is -1.33. The van der Waals surface area contributed by atoms with Gasteiger partial charge in [0.25, 0.3) is 5.91 Å². The lowest BCUT2D eigenvalue weighted by molar-refractivity contribution is -0.141. The lowest BCUT2D eigenvalue weighted by atomic mass is 9.99. The van der Waals surface area contributed by atoms with Gasteiger partial charge in [-0.25, -0.2) is 4.79 Å². The lowest BCUT2D eigenvalue weighted by Gasteiger charge is -2.34. The van der Waals surface area contributed by atoms with Crippen LogP contribution < -0.4 is 10.6 Å². The third kappa shape index (κ3) is 7.95. The molecule has 0 heterocycles. The molecule has 214 valence electrons. The van der Waals surface area contributed by atoms with Crippen LogP contribution in [-0.4, -0.2) is 57.8 Å². The number of carbonyl (C=O) groups excluding carboxylic acids is 3. The number of hydrogen-bond acceptors (Lipinski definition) is 6. The van der Waals surface area contributed by atoms with Crippen molar-refractivity contribution in [3.8, 4) is 5.75 Å². The number of hydrogen-bond donors (Lipinski definition) is 4. The molecule has 3 aromatic carbocycles. The summed E-state index contributed by atoms with van der Waals surface area (Å²) in [5, 5.41) is 27.5. The molecule has 0 aromatic heterocycles. The van der Waals surface area contributed by atoms with Crippen molar-refractivity contribution in [2.45, 2.75) is 65.1 Å². The van der Waals surface area contributed by atoms with E-state index >= 15 is 0 Å². The van der Waals surface area contributed by atoms with Crippen LogP contribution in [0.3, 0.4) is 0 Å². The number of phenols is 1. The van der Waals surface area contributed by atoms with E-state index in [9.17, 15) is 24.6 Å². The number of aromatic hydroxyl groups is 1. The number of benzene rings is 3. The first-order valence-electron chi connectivity index (χ1n) is 13.4. The molecule has 0 saturated carbocycles. The maximum Gasteiger partial charge on any atom is 0.408 e. The largest absolute Gasteiger partial charge is 0.508 e. The van der Waals surface area contributed by atoms with Crippen molar-refractivity contribution in [3.05, 3.63) is 71.8 Å². The van der Waals surface area contributed by atoms with Gasteiger partial charge in [-0.05, 0) is 80.3 Å². The summed E-state index contributed by atoms with van der Waals surface area (Å²) in [6, 6.07) is 15.6. The number of amides is 3. The second-order valence-corrected chi connectivity index (χ2v) is 10.8. The van der Waals surface area contributed by atoms with Gasteiger partial charge in [0.05, 0.1) is 6.61 Å². The molecule has 4 N–H and O–H groups in total. The number of aliphatic hydroxyl groups excluding tert-OH is 1. The number of ether oxygens (including phenoxy) is 1. The summed E-state index contributed by atoms with van der Waals surface area (Å²) in [5.41, 5.74) is 0.764. The van der Waals surface area contributed by atoms with Gasteiger partial charge >= 0.3 is 6.09 Å². The number of phenolic OH excluding ortho intramolecular Hbond substituents is 1. The Hall–Kier alpha value is -4.11. The number of aliphatic hydroxyl groups is 1. The molecular weight excluding hydrogens is 510 g/mol. The highest BCUT2D eigenvalue weighted by Crippen LogP contribution is 2.29. The Balaban J connectivity index is 2.01. The Morgan fingerprint density at radius 1 is 1.00 bits per heavy atom. The number of fused-ring (bicyclic) bond motifs is 1. The molecule has 9 heteroatoms. The van der Waals surface area contributed by atoms with Crippen LogP contribution in [0.1, 0.15) is 57.7 Å². The summed E-state index contributed by atoms with van der Waals surface area (Å²) in [6.45, 7) is 8.24. The molecule has 0 aliphatic carbocycles. The Morgan fingerprint density at radius 3 is 2.33 bits per heavy atom. The average Bonchev–Trinajstić information content (AvgIpc) is 2.90. The molecule has 0 fully saturated rings. The van der Waals surface area contributed by atoms with Gasteiger partial charge in [0.15, 0.2) is 0 Å². The highest BCUT2D eigenvalue weighted by molar-refractivity contribution is 6.00. The molecule has 0 aliphatic rings. The van der Waals surface area contributed by atoms with E-state index < -0.39 is 42.2 Å². The Labute approximate surface area is 235 Å². The molecular formula is C31H39N3O6. The van der Waals surface area contributed by atoms with Crippen molar-refractivity contribution in [3.63, 3.8) is 0 Å². The van der Waals surface area contributed by atoms with E-state index in [1.165, 1.54) is 11.0 Å². The van der Waals surface area contributed by atoms with E-state index in [1.807, 2.05) is 43.3 Å². The number of alkyl carbamates (subject to hydrolysis) is 1. The number of aryl methyl sites for hydroxylation is 1. The van der Waals surface area contributed by atoms with Gasteiger partial charge in [0, 0.05) is 12.2 Å². The molecule has 0 bridgehead atoms. The van der Waals surface area contributed by atoms with Crippen molar-refractivity contribution in [1.29, 1.82) is 0 Å². The maximum atomic E-state index is 13.9. The number of carbonyl (C=O) groups is 3. The summed E-state index contributed by atoms with van der Waals surface area (Å²) in [6.07, 6.45) is 0.460. The Bertz CT molecular complexity index is 1350. The SMILES string of the molecule is CCCCN(C(=O)C(CO)NC(=O)OC(C)(C)C)C(C(=O)Nc1ccc2ccccc2c1)c1ccc(O)c(C)c1. The minimum Gasteiger partial charge on any atom is -0.508 e. The molecule has 40 heavy (non-hydrogen) atoms. The quantitative estimate of drug-likeness (QED) is 0.280. The summed E-state index contributed by atoms with van der Waals surface area (Å²) < 4.78 is 5.28. The van der Waals surface area contributed by atoms with Gasteiger partial charge in [0.1, 0.15) is 23.4 Å². The Morgan fingerprint density at radius 2 is 1.70 bits per heavy atom. The van der Waals surface area contributed by atoms with Crippen LogP contribution in [0.25, 0.3) is 10.8 Å². The van der Waals surface area contributed by atoms with Gasteiger partial charge < -0.3 is 30.5 Å². The van der Waals surface area contributed by atoms with Crippen LogP contribution in [0.5, 0.6) is 5.75 Å². The van der Waals surface area contributed by atoms with Gasteiger partial charge in [-0.1, -0.05) is 49.7 Å². The predicted octanol–water partition coefficient (Wildman–Crippen LogP) is 5.05. The molecule has 2 unspecified atom stereocenters. The zero-order valence-corrected chi connectivity index (χ0v) is 23.7. The van der Waals surface area contributed by atoms with Crippen LogP contribution in [0.2, 0.25) is 0 Å². The van der Waals surface area contributed by atoms with Gasteiger partial charge in [0.2, 0.25) is 5.91 Å². The number of nitrogens with one attached hydrogen (secondary N) is 2. The molecule has 2 atom stereocenters. The van der Waals surface area contributed by atoms with Gasteiger partial charge in [-0.3, -0.25) is 9.59 Å². The smallest absolute Gasteiger partial charge is 0.408 e. The van der Waals surface area contributed by atoms with Gasteiger partial charge in [-0.15, -0.1) is 0 Å². The molecule has 0 saturated heterocycles. The van der Waals surface area contributed by atoms with E-state index in [4.69, 9.17) is 4.74 Å². The predicted molar refractivity (Wildman–Crippen MR) is 155 cm³/mol. The van der Waals surface area contributed by atoms with Crippen LogP contribution in [0.15, 0.2) is 60.7 Å². The number of anilines is 1. The van der Waals surface area contributed by atoms with Crippen LogP contribution in [0.4, 0.5) is 10.5 Å². The molecule has 0 aliphatic heterocycles. The summed E-state index contributed by atoms with van der Waals surface area (Å²) >= 11 is 0. The van der Waals surface area contributed by atoms with Crippen molar-refractivity contribution < 1.29 is 29.3 Å². The molecule has 0 spiro atoms. The summed E-state index contributed by atoms with van der Waals surface area (Å²) in [7, 11) is 0. The zero-order chi connectivity index (χ0) is 29.4. The molecule has 9 nitrogen and oxygen atoms in total. The zero-order valence-electron chi connectivity index (χ0n) is 23.7. The average molecular weight is 550 g/mol. The molecule has 0 radical (unpaired) electrons. The number of nitrogens with zero attached hydrogens (tertiary/aromatic N) is 1. The highest BCUT2D eigenvalue weighted by atomic mass is 16.6. The topological polar surface area (TPSA) is 128 Å². The lowest BCUT2D eigenvalue weighted by Crippen LogP contribution is -2.54. The summed E-state index contributed by atoms with van der Waals surface area (Å²) in [4.78, 5) is 41.6. The molecule has 3 aromatic rings. The van der Waals surface area contributed by atoms with Gasteiger partial charge in [-0.2, -0.15) is 0 Å². The first-order chi connectivity index (χ1) is 18.9. The first kappa shape index (κ1) is 30.4. The van der Waals surface area contributed by atoms with Crippen LogP contribution in [-0.2, 0) is 14.3 Å². The molecule has 3 rings (SSSR count). The normalized spacial score (nSPS) is 12.8. The Kier molecular flexibility index (Phi) is 10.1.